The van der Waals surface area contributed by atoms with E-state index in [4.69, 9.17) is 42.6 Å². The number of carbonyl (C=O) groups is 2. The molecule has 0 saturated carbocycles. The first-order valence-electron chi connectivity index (χ1n) is 16.6. The van der Waals surface area contributed by atoms with Gasteiger partial charge in [0.1, 0.15) is 85.0 Å². The Balaban J connectivity index is 1.41. The molecule has 6 N–H and O–H groups in total. The summed E-state index contributed by atoms with van der Waals surface area (Å²) in [5.41, 5.74) is 0.135. The van der Waals surface area contributed by atoms with Gasteiger partial charge >= 0.3 is 11.9 Å². The molecule has 0 bridgehead atoms. The van der Waals surface area contributed by atoms with E-state index in [1.54, 1.807) is 39.8 Å². The number of benzene rings is 2. The number of carbonyl (C=O) groups excluding carboxylic acids is 2. The molecule has 2 aromatic rings. The number of esters is 2. The van der Waals surface area contributed by atoms with Gasteiger partial charge in [-0.3, -0.25) is 0 Å². The van der Waals surface area contributed by atoms with Gasteiger partial charge < -0.3 is 73.3 Å². The van der Waals surface area contributed by atoms with Gasteiger partial charge in [-0.2, -0.15) is 0 Å². The lowest BCUT2D eigenvalue weighted by Crippen LogP contribution is -2.64. The van der Waals surface area contributed by atoms with Crippen LogP contribution in [-0.4, -0.2) is 144 Å². The Morgan fingerprint density at radius 2 is 0.824 bits per heavy atom. The summed E-state index contributed by atoms with van der Waals surface area (Å²) in [6.07, 6.45) is -17.6. The summed E-state index contributed by atoms with van der Waals surface area (Å²) in [7, 11) is 0. The predicted octanol–water partition coefficient (Wildman–Crippen LogP) is -0.0730. The lowest BCUT2D eigenvalue weighted by Gasteiger charge is -2.44. The van der Waals surface area contributed by atoms with Crippen molar-refractivity contribution in [1.82, 2.24) is 0 Å². The molecule has 0 radical (unpaired) electrons. The van der Waals surface area contributed by atoms with Gasteiger partial charge in [-0.1, -0.05) is 0 Å². The minimum atomic E-state index is -1.91. The molecule has 2 heterocycles. The summed E-state index contributed by atoms with van der Waals surface area (Å²) >= 11 is 0. The highest BCUT2D eigenvalue weighted by molar-refractivity contribution is 5.91. The summed E-state index contributed by atoms with van der Waals surface area (Å²) in [6.45, 7) is 7.15. The lowest BCUT2D eigenvalue weighted by atomic mass is 9.98. The summed E-state index contributed by atoms with van der Waals surface area (Å²) in [5.74, 6) is -0.261. The maximum atomic E-state index is 12.9. The van der Waals surface area contributed by atoms with Gasteiger partial charge in [0.2, 0.25) is 0 Å². The molecule has 4 rings (SSSR count). The quantitative estimate of drug-likeness (QED) is 0.124. The summed E-state index contributed by atoms with van der Waals surface area (Å²) < 4.78 is 49.4. The second-order valence-electron chi connectivity index (χ2n) is 11.5. The van der Waals surface area contributed by atoms with Crippen LogP contribution in [0.25, 0.3) is 0 Å². The Morgan fingerprint density at radius 3 is 1.12 bits per heavy atom. The van der Waals surface area contributed by atoms with Gasteiger partial charge in [0.15, 0.2) is 12.6 Å². The molecule has 10 atom stereocenters. The summed E-state index contributed by atoms with van der Waals surface area (Å²) in [5, 5.41) is 63.6. The fraction of sp³-hybridized carbons (Fsp3) is 0.588. The zero-order chi connectivity index (χ0) is 37.2. The number of hydrogen-bond donors (Lipinski definition) is 6. The molecular formula is C34H46O17. The van der Waals surface area contributed by atoms with Gasteiger partial charge in [-0.25, -0.2) is 9.59 Å². The van der Waals surface area contributed by atoms with Crippen molar-refractivity contribution in [1.29, 1.82) is 0 Å². The average molecular weight is 727 g/mol. The van der Waals surface area contributed by atoms with Crippen LogP contribution in [0.1, 0.15) is 48.4 Å². The van der Waals surface area contributed by atoms with Crippen molar-refractivity contribution in [2.75, 3.05) is 39.6 Å². The minimum Gasteiger partial charge on any atom is -0.494 e. The molecule has 284 valence electrons. The molecule has 2 aliphatic rings. The van der Waals surface area contributed by atoms with Crippen LogP contribution in [0.15, 0.2) is 36.4 Å². The van der Waals surface area contributed by atoms with E-state index >= 15 is 0 Å². The Hall–Kier alpha value is -3.78. The van der Waals surface area contributed by atoms with Crippen LogP contribution in [0, 0.1) is 0 Å². The smallest absolute Gasteiger partial charge is 0.338 e. The molecule has 17 nitrogen and oxygen atoms in total. The first-order chi connectivity index (χ1) is 24.4. The largest absolute Gasteiger partial charge is 0.494 e. The number of ether oxygens (including phenoxy) is 9. The molecule has 0 amide bonds. The molecule has 10 unspecified atom stereocenters. The maximum Gasteiger partial charge on any atom is 0.338 e. The molecule has 2 aromatic carbocycles. The highest BCUT2D eigenvalue weighted by Crippen LogP contribution is 2.30. The second-order valence-corrected chi connectivity index (χ2v) is 11.5. The SMILES string of the molecule is CCOc1cc(OCC)cc(C(=O)OCC2OC(OC3OC(COC(=O)c4cc(OCC)cc(OCC)c4)C(O)C(O)C3O)C(O)C(O)C2O)c1. The van der Waals surface area contributed by atoms with Crippen LogP contribution in [0.3, 0.4) is 0 Å². The number of hydrogen-bond acceptors (Lipinski definition) is 17. The van der Waals surface area contributed by atoms with Crippen LogP contribution in [0.4, 0.5) is 0 Å². The number of rotatable bonds is 16. The third-order valence-corrected chi connectivity index (χ3v) is 7.84. The maximum absolute atomic E-state index is 12.9. The monoisotopic (exact) mass is 726 g/mol. The molecule has 0 aliphatic carbocycles. The van der Waals surface area contributed by atoms with Crippen LogP contribution < -0.4 is 18.9 Å². The number of aliphatic hydroxyl groups excluding tert-OH is 6. The van der Waals surface area contributed by atoms with Gasteiger partial charge in [0.05, 0.1) is 37.6 Å². The van der Waals surface area contributed by atoms with E-state index in [0.29, 0.717) is 49.4 Å². The fourth-order valence-electron chi connectivity index (χ4n) is 5.33. The van der Waals surface area contributed by atoms with E-state index in [-0.39, 0.29) is 11.1 Å². The van der Waals surface area contributed by atoms with Gasteiger partial charge in [0.25, 0.3) is 0 Å². The molecule has 2 fully saturated rings. The van der Waals surface area contributed by atoms with E-state index in [2.05, 4.69) is 0 Å². The van der Waals surface area contributed by atoms with Crippen LogP contribution in [-0.2, 0) is 23.7 Å². The van der Waals surface area contributed by atoms with E-state index in [0.717, 1.165) is 0 Å². The Bertz CT molecular complexity index is 1280. The molecule has 0 spiro atoms. The average Bonchev–Trinajstić information content (AvgIpc) is 3.11. The Labute approximate surface area is 294 Å². The summed E-state index contributed by atoms with van der Waals surface area (Å²) in [6, 6.07) is 8.93. The third-order valence-electron chi connectivity index (χ3n) is 7.84. The van der Waals surface area contributed by atoms with E-state index in [1.807, 2.05) is 0 Å². The van der Waals surface area contributed by atoms with Crippen molar-refractivity contribution >= 4 is 11.9 Å². The second kappa shape index (κ2) is 18.6. The van der Waals surface area contributed by atoms with Crippen molar-refractivity contribution in [3.8, 4) is 23.0 Å². The van der Waals surface area contributed by atoms with E-state index in [9.17, 15) is 40.2 Å². The molecular weight excluding hydrogens is 680 g/mol. The molecule has 0 aromatic heterocycles. The minimum absolute atomic E-state index is 0.0674. The van der Waals surface area contributed by atoms with Gasteiger partial charge in [-0.15, -0.1) is 0 Å². The van der Waals surface area contributed by atoms with Crippen molar-refractivity contribution in [2.24, 2.45) is 0 Å². The van der Waals surface area contributed by atoms with Crippen LogP contribution in [0.5, 0.6) is 23.0 Å². The molecule has 2 saturated heterocycles. The van der Waals surface area contributed by atoms with Crippen molar-refractivity contribution in [3.05, 3.63) is 47.5 Å². The van der Waals surface area contributed by atoms with Gasteiger partial charge in [-0.05, 0) is 52.0 Å². The van der Waals surface area contributed by atoms with E-state index in [1.165, 1.54) is 24.3 Å². The topological polar surface area (TPSA) is 239 Å². The highest BCUT2D eigenvalue weighted by atomic mass is 16.8. The molecule has 2 aliphatic heterocycles. The summed E-state index contributed by atoms with van der Waals surface area (Å²) in [4.78, 5) is 25.8. The first-order valence-corrected chi connectivity index (χ1v) is 16.6. The molecule has 17 heteroatoms. The van der Waals surface area contributed by atoms with Gasteiger partial charge in [0, 0.05) is 12.1 Å². The highest BCUT2D eigenvalue weighted by Gasteiger charge is 2.50. The number of aliphatic hydroxyl groups is 6. The fourth-order valence-corrected chi connectivity index (χ4v) is 5.33. The Kier molecular flexibility index (Phi) is 14.6. The van der Waals surface area contributed by atoms with E-state index < -0.39 is 86.6 Å². The third kappa shape index (κ3) is 10.2. The zero-order valence-corrected chi connectivity index (χ0v) is 28.7. The van der Waals surface area contributed by atoms with Crippen molar-refractivity contribution in [3.63, 3.8) is 0 Å². The Morgan fingerprint density at radius 1 is 0.510 bits per heavy atom. The normalized spacial score (nSPS) is 29.1. The first kappa shape index (κ1) is 40.0. The lowest BCUT2D eigenvalue weighted by molar-refractivity contribution is -0.376. The predicted molar refractivity (Wildman–Crippen MR) is 173 cm³/mol. The zero-order valence-electron chi connectivity index (χ0n) is 28.7. The van der Waals surface area contributed by atoms with Crippen molar-refractivity contribution < 1.29 is 82.9 Å². The van der Waals surface area contributed by atoms with Crippen LogP contribution >= 0.6 is 0 Å². The molecule has 51 heavy (non-hydrogen) atoms. The standard InChI is InChI=1S/C34H46O17/c1-5-43-19-9-17(10-20(13-19)44-6-2)31(41)47-15-23-25(35)27(37)29(39)33(49-23)51-34-30(40)28(38)26(36)24(50-34)16-48-32(42)18-11-21(45-7-3)14-22(12-18)46-8-4/h9-14,23-30,33-40H,5-8,15-16H2,1-4H3. The van der Waals surface area contributed by atoms with Crippen molar-refractivity contribution in [2.45, 2.75) is 89.1 Å². The van der Waals surface area contributed by atoms with Crippen LogP contribution in [0.2, 0.25) is 0 Å².